The summed E-state index contributed by atoms with van der Waals surface area (Å²) in [6.45, 7) is 2.50. The summed E-state index contributed by atoms with van der Waals surface area (Å²) in [5.41, 5.74) is 0.633. The second-order valence-electron chi connectivity index (χ2n) is 4.37. The van der Waals surface area contributed by atoms with Gasteiger partial charge in [-0.2, -0.15) is 0 Å². The zero-order valence-corrected chi connectivity index (χ0v) is 10.8. The van der Waals surface area contributed by atoms with Crippen molar-refractivity contribution in [2.75, 3.05) is 26.4 Å². The van der Waals surface area contributed by atoms with E-state index in [1.807, 2.05) is 11.8 Å². The Balaban J connectivity index is 2.59. The number of aliphatic hydroxyl groups excluding tert-OH is 1. The van der Waals surface area contributed by atoms with Gasteiger partial charge in [-0.25, -0.2) is 8.78 Å². The molecule has 18 heavy (non-hydrogen) atoms. The summed E-state index contributed by atoms with van der Waals surface area (Å²) in [6, 6.07) is 6.14. The Kier molecular flexibility index (Phi) is 6.83. The third kappa shape index (κ3) is 4.35. The number of hydrogen-bond donors (Lipinski definition) is 1. The lowest BCUT2D eigenvalue weighted by atomic mass is 10.1. The Labute approximate surface area is 107 Å². The van der Waals surface area contributed by atoms with Crippen LogP contribution in [-0.2, 0) is 6.42 Å². The number of nitrogens with zero attached hydrogens (tertiary/aromatic N) is 1. The van der Waals surface area contributed by atoms with Crippen LogP contribution >= 0.6 is 0 Å². The smallest absolute Gasteiger partial charge is 0.126 e. The van der Waals surface area contributed by atoms with Crippen LogP contribution in [0.4, 0.5) is 8.78 Å². The SMILES string of the molecule is CCCN(CCc1ccccc1F)C(CO)CF. The Morgan fingerprint density at radius 1 is 1.28 bits per heavy atom. The third-order valence-corrected chi connectivity index (χ3v) is 3.04. The maximum atomic E-state index is 13.4. The van der Waals surface area contributed by atoms with E-state index in [-0.39, 0.29) is 12.4 Å². The van der Waals surface area contributed by atoms with E-state index in [4.69, 9.17) is 5.11 Å². The molecule has 0 fully saturated rings. The van der Waals surface area contributed by atoms with Gasteiger partial charge >= 0.3 is 0 Å². The predicted octanol–water partition coefficient (Wildman–Crippen LogP) is 2.41. The monoisotopic (exact) mass is 257 g/mol. The third-order valence-electron chi connectivity index (χ3n) is 3.04. The summed E-state index contributed by atoms with van der Waals surface area (Å²) in [5.74, 6) is -0.227. The van der Waals surface area contributed by atoms with Crippen LogP contribution in [0.3, 0.4) is 0 Å². The molecule has 0 radical (unpaired) electrons. The van der Waals surface area contributed by atoms with Gasteiger partial charge in [0.15, 0.2) is 0 Å². The van der Waals surface area contributed by atoms with Crippen LogP contribution in [0.15, 0.2) is 24.3 Å². The highest BCUT2D eigenvalue weighted by Crippen LogP contribution is 2.10. The van der Waals surface area contributed by atoms with Crippen molar-refractivity contribution in [3.8, 4) is 0 Å². The molecule has 0 aliphatic rings. The van der Waals surface area contributed by atoms with Crippen molar-refractivity contribution < 1.29 is 13.9 Å². The van der Waals surface area contributed by atoms with Crippen LogP contribution in [-0.4, -0.2) is 42.4 Å². The lowest BCUT2D eigenvalue weighted by molar-refractivity contribution is 0.103. The van der Waals surface area contributed by atoms with E-state index in [0.717, 1.165) is 6.42 Å². The van der Waals surface area contributed by atoms with E-state index in [2.05, 4.69) is 0 Å². The number of alkyl halides is 1. The normalized spacial score (nSPS) is 12.9. The molecule has 2 nitrogen and oxygen atoms in total. The Bertz CT molecular complexity index is 342. The molecule has 0 heterocycles. The van der Waals surface area contributed by atoms with E-state index < -0.39 is 12.7 Å². The molecule has 0 aliphatic carbocycles. The lowest BCUT2D eigenvalue weighted by Crippen LogP contribution is -2.41. The van der Waals surface area contributed by atoms with Crippen LogP contribution < -0.4 is 0 Å². The minimum atomic E-state index is -0.576. The predicted molar refractivity (Wildman–Crippen MR) is 68.8 cm³/mol. The molecule has 0 saturated carbocycles. The van der Waals surface area contributed by atoms with Crippen molar-refractivity contribution in [2.45, 2.75) is 25.8 Å². The summed E-state index contributed by atoms with van der Waals surface area (Å²) in [6.07, 6.45) is 1.41. The fourth-order valence-corrected chi connectivity index (χ4v) is 1.99. The fraction of sp³-hybridized carbons (Fsp3) is 0.571. The molecule has 0 amide bonds. The summed E-state index contributed by atoms with van der Waals surface area (Å²) in [5, 5.41) is 9.12. The number of halogens is 2. The van der Waals surface area contributed by atoms with E-state index >= 15 is 0 Å². The molecule has 0 aromatic heterocycles. The van der Waals surface area contributed by atoms with Gasteiger partial charge in [0.2, 0.25) is 0 Å². The van der Waals surface area contributed by atoms with Gasteiger partial charge in [0, 0.05) is 6.54 Å². The summed E-state index contributed by atoms with van der Waals surface area (Å²) < 4.78 is 26.2. The molecule has 0 aliphatic heterocycles. The first kappa shape index (κ1) is 15.1. The van der Waals surface area contributed by atoms with Gasteiger partial charge < -0.3 is 5.11 Å². The molecule has 1 aromatic rings. The maximum Gasteiger partial charge on any atom is 0.126 e. The minimum Gasteiger partial charge on any atom is -0.395 e. The molecule has 0 saturated heterocycles. The van der Waals surface area contributed by atoms with E-state index in [1.165, 1.54) is 6.07 Å². The second-order valence-corrected chi connectivity index (χ2v) is 4.37. The van der Waals surface area contributed by atoms with Crippen LogP contribution in [0.1, 0.15) is 18.9 Å². The van der Waals surface area contributed by atoms with Crippen molar-refractivity contribution in [3.05, 3.63) is 35.6 Å². The molecule has 1 rings (SSSR count). The fourth-order valence-electron chi connectivity index (χ4n) is 1.99. The zero-order valence-electron chi connectivity index (χ0n) is 10.8. The molecular weight excluding hydrogens is 236 g/mol. The molecular formula is C14H21F2NO. The van der Waals surface area contributed by atoms with Gasteiger partial charge in [0.25, 0.3) is 0 Å². The molecule has 1 atom stereocenters. The molecule has 1 aromatic carbocycles. The average molecular weight is 257 g/mol. The molecule has 1 unspecified atom stereocenters. The molecule has 0 spiro atoms. The van der Waals surface area contributed by atoms with Crippen LogP contribution in [0, 0.1) is 5.82 Å². The maximum absolute atomic E-state index is 13.4. The Hall–Kier alpha value is -1.00. The first-order valence-electron chi connectivity index (χ1n) is 6.37. The number of benzene rings is 1. The number of aliphatic hydroxyl groups is 1. The topological polar surface area (TPSA) is 23.5 Å². The zero-order chi connectivity index (χ0) is 13.4. The highest BCUT2D eigenvalue weighted by molar-refractivity contribution is 5.17. The van der Waals surface area contributed by atoms with Gasteiger partial charge in [-0.1, -0.05) is 25.1 Å². The highest BCUT2D eigenvalue weighted by Gasteiger charge is 2.17. The summed E-state index contributed by atoms with van der Waals surface area (Å²) in [7, 11) is 0. The molecule has 1 N–H and O–H groups in total. The summed E-state index contributed by atoms with van der Waals surface area (Å²) in [4.78, 5) is 1.88. The standard InChI is InChI=1S/C14H21F2NO/c1-2-8-17(13(10-15)11-18)9-7-12-5-3-4-6-14(12)16/h3-6,13,18H,2,7-11H2,1H3. The van der Waals surface area contributed by atoms with E-state index in [0.29, 0.717) is 25.1 Å². The lowest BCUT2D eigenvalue weighted by Gasteiger charge is -2.28. The van der Waals surface area contributed by atoms with Crippen LogP contribution in [0.25, 0.3) is 0 Å². The molecule has 102 valence electrons. The van der Waals surface area contributed by atoms with Gasteiger partial charge in [-0.05, 0) is 31.0 Å². The van der Waals surface area contributed by atoms with E-state index in [1.54, 1.807) is 18.2 Å². The highest BCUT2D eigenvalue weighted by atomic mass is 19.1. The van der Waals surface area contributed by atoms with Crippen molar-refractivity contribution in [3.63, 3.8) is 0 Å². The van der Waals surface area contributed by atoms with Crippen molar-refractivity contribution in [1.82, 2.24) is 4.90 Å². The molecule has 4 heteroatoms. The van der Waals surface area contributed by atoms with Gasteiger partial charge in [-0.3, -0.25) is 4.90 Å². The van der Waals surface area contributed by atoms with Gasteiger partial charge in [0.1, 0.15) is 12.5 Å². The van der Waals surface area contributed by atoms with Crippen molar-refractivity contribution in [2.24, 2.45) is 0 Å². The Morgan fingerprint density at radius 2 is 2.00 bits per heavy atom. The van der Waals surface area contributed by atoms with Crippen molar-refractivity contribution >= 4 is 0 Å². The summed E-state index contributed by atoms with van der Waals surface area (Å²) >= 11 is 0. The Morgan fingerprint density at radius 3 is 2.56 bits per heavy atom. The second kappa shape index (κ2) is 8.16. The van der Waals surface area contributed by atoms with Crippen molar-refractivity contribution in [1.29, 1.82) is 0 Å². The quantitative estimate of drug-likeness (QED) is 0.773. The molecule has 0 bridgehead atoms. The van der Waals surface area contributed by atoms with E-state index in [9.17, 15) is 8.78 Å². The number of hydrogen-bond acceptors (Lipinski definition) is 2. The largest absolute Gasteiger partial charge is 0.395 e. The average Bonchev–Trinajstić information content (AvgIpc) is 2.39. The minimum absolute atomic E-state index is 0.201. The first-order valence-corrected chi connectivity index (χ1v) is 6.37. The van der Waals surface area contributed by atoms with Crippen LogP contribution in [0.5, 0.6) is 0 Å². The van der Waals surface area contributed by atoms with Gasteiger partial charge in [0.05, 0.1) is 12.6 Å². The van der Waals surface area contributed by atoms with Crippen LogP contribution in [0.2, 0.25) is 0 Å². The first-order chi connectivity index (χ1) is 8.72. The van der Waals surface area contributed by atoms with Gasteiger partial charge in [-0.15, -0.1) is 0 Å². The number of rotatable bonds is 8.